The molecule has 0 radical (unpaired) electrons. The minimum absolute atomic E-state index is 0.349. The number of hydrogen-bond donors (Lipinski definition) is 1. The molecule has 96 valence electrons. The van der Waals surface area contributed by atoms with Gasteiger partial charge in [0.05, 0.1) is 5.69 Å². The minimum Gasteiger partial charge on any atom is -0.309 e. The van der Waals surface area contributed by atoms with Crippen LogP contribution < -0.4 is 5.32 Å². The predicted octanol–water partition coefficient (Wildman–Crippen LogP) is 1.89. The minimum atomic E-state index is 0.349. The zero-order chi connectivity index (χ0) is 12.1. The highest BCUT2D eigenvalue weighted by atomic mass is 32.1. The van der Waals surface area contributed by atoms with Gasteiger partial charge >= 0.3 is 0 Å². The maximum Gasteiger partial charge on any atom is 0.0893 e. The molecular weight excluding hydrogens is 232 g/mol. The summed E-state index contributed by atoms with van der Waals surface area (Å²) < 4.78 is 3.88. The standard InChI is InChI=1S/C12H22N4S/c1-16(2)12(6-4-3-5-7-12)10-13-8-11-9-17-15-14-11/h9,13H,3-8,10H2,1-2H3. The van der Waals surface area contributed by atoms with E-state index in [1.807, 2.05) is 5.38 Å². The van der Waals surface area contributed by atoms with Crippen molar-refractivity contribution in [2.45, 2.75) is 44.2 Å². The van der Waals surface area contributed by atoms with Crippen molar-refractivity contribution in [2.24, 2.45) is 0 Å². The Morgan fingerprint density at radius 1 is 1.35 bits per heavy atom. The number of aromatic nitrogens is 2. The summed E-state index contributed by atoms with van der Waals surface area (Å²) in [5, 5.41) is 9.61. The maximum atomic E-state index is 4.06. The van der Waals surface area contributed by atoms with Crippen LogP contribution in [0.5, 0.6) is 0 Å². The molecule has 0 aromatic carbocycles. The Balaban J connectivity index is 1.85. The molecule has 1 aromatic rings. The monoisotopic (exact) mass is 254 g/mol. The van der Waals surface area contributed by atoms with Gasteiger partial charge in [-0.05, 0) is 38.5 Å². The van der Waals surface area contributed by atoms with Crippen LogP contribution in [0.3, 0.4) is 0 Å². The van der Waals surface area contributed by atoms with Crippen molar-refractivity contribution in [3.63, 3.8) is 0 Å². The van der Waals surface area contributed by atoms with Crippen molar-refractivity contribution in [2.75, 3.05) is 20.6 Å². The Bertz CT molecular complexity index is 317. The highest BCUT2D eigenvalue weighted by molar-refractivity contribution is 7.03. The van der Waals surface area contributed by atoms with E-state index in [1.165, 1.54) is 43.6 Å². The molecule has 0 saturated heterocycles. The second kappa shape index (κ2) is 5.89. The van der Waals surface area contributed by atoms with Gasteiger partial charge < -0.3 is 10.2 Å². The molecule has 1 aliphatic rings. The summed E-state index contributed by atoms with van der Waals surface area (Å²) in [6, 6.07) is 0. The Morgan fingerprint density at radius 3 is 2.71 bits per heavy atom. The lowest BCUT2D eigenvalue weighted by Gasteiger charge is -2.43. The second-order valence-electron chi connectivity index (χ2n) is 5.18. The molecule has 1 aromatic heterocycles. The summed E-state index contributed by atoms with van der Waals surface area (Å²) in [6.45, 7) is 1.89. The molecule has 17 heavy (non-hydrogen) atoms. The predicted molar refractivity (Wildman–Crippen MR) is 71.1 cm³/mol. The SMILES string of the molecule is CN(C)C1(CNCc2csnn2)CCCCC1. The van der Waals surface area contributed by atoms with E-state index in [0.29, 0.717) is 5.54 Å². The maximum absolute atomic E-state index is 4.06. The van der Waals surface area contributed by atoms with Gasteiger partial charge in [0.1, 0.15) is 0 Å². The van der Waals surface area contributed by atoms with Crippen LogP contribution in [0.2, 0.25) is 0 Å². The van der Waals surface area contributed by atoms with Crippen LogP contribution in [0.1, 0.15) is 37.8 Å². The van der Waals surface area contributed by atoms with E-state index >= 15 is 0 Å². The van der Waals surface area contributed by atoms with Gasteiger partial charge in [-0.25, -0.2) is 0 Å². The van der Waals surface area contributed by atoms with Gasteiger partial charge in [-0.15, -0.1) is 5.10 Å². The van der Waals surface area contributed by atoms with E-state index in [0.717, 1.165) is 18.8 Å². The van der Waals surface area contributed by atoms with E-state index < -0.39 is 0 Å². The second-order valence-corrected chi connectivity index (χ2v) is 5.79. The topological polar surface area (TPSA) is 41.0 Å². The molecule has 0 aliphatic heterocycles. The number of rotatable bonds is 5. The van der Waals surface area contributed by atoms with Crippen molar-refractivity contribution < 1.29 is 0 Å². The van der Waals surface area contributed by atoms with Gasteiger partial charge in [0.15, 0.2) is 0 Å². The fourth-order valence-corrected chi connectivity index (χ4v) is 3.13. The molecule has 0 amide bonds. The number of hydrogen-bond acceptors (Lipinski definition) is 5. The van der Waals surface area contributed by atoms with Crippen LogP contribution >= 0.6 is 11.5 Å². The Hall–Kier alpha value is -0.520. The third kappa shape index (κ3) is 3.24. The zero-order valence-electron chi connectivity index (χ0n) is 10.8. The van der Waals surface area contributed by atoms with E-state index in [1.54, 1.807) is 0 Å². The van der Waals surface area contributed by atoms with Crippen LogP contribution in [0.15, 0.2) is 5.38 Å². The van der Waals surface area contributed by atoms with Crippen LogP contribution in [-0.2, 0) is 6.54 Å². The van der Waals surface area contributed by atoms with Crippen LogP contribution in [-0.4, -0.2) is 40.7 Å². The molecule has 1 fully saturated rings. The smallest absolute Gasteiger partial charge is 0.0893 e. The highest BCUT2D eigenvalue weighted by Crippen LogP contribution is 2.31. The van der Waals surface area contributed by atoms with E-state index in [4.69, 9.17) is 0 Å². The van der Waals surface area contributed by atoms with E-state index in [9.17, 15) is 0 Å². The quantitative estimate of drug-likeness (QED) is 0.871. The zero-order valence-corrected chi connectivity index (χ0v) is 11.6. The molecule has 0 spiro atoms. The lowest BCUT2D eigenvalue weighted by Crippen LogP contribution is -2.52. The van der Waals surface area contributed by atoms with Gasteiger partial charge in [-0.3, -0.25) is 0 Å². The Kier molecular flexibility index (Phi) is 4.48. The fourth-order valence-electron chi connectivity index (χ4n) is 2.68. The first-order valence-corrected chi connectivity index (χ1v) is 7.21. The average Bonchev–Trinajstić information content (AvgIpc) is 2.83. The van der Waals surface area contributed by atoms with Gasteiger partial charge in [-0.1, -0.05) is 23.8 Å². The molecule has 5 heteroatoms. The fraction of sp³-hybridized carbons (Fsp3) is 0.833. The van der Waals surface area contributed by atoms with Gasteiger partial charge in [0, 0.05) is 24.0 Å². The van der Waals surface area contributed by atoms with Crippen LogP contribution in [0.4, 0.5) is 0 Å². The molecule has 4 nitrogen and oxygen atoms in total. The number of nitrogens with one attached hydrogen (secondary N) is 1. The summed E-state index contributed by atoms with van der Waals surface area (Å²) in [6.07, 6.45) is 6.73. The van der Waals surface area contributed by atoms with Crippen molar-refractivity contribution in [3.8, 4) is 0 Å². The normalized spacial score (nSPS) is 19.7. The Morgan fingerprint density at radius 2 is 2.12 bits per heavy atom. The van der Waals surface area contributed by atoms with E-state index in [-0.39, 0.29) is 0 Å². The lowest BCUT2D eigenvalue weighted by atomic mass is 9.80. The summed E-state index contributed by atoms with van der Waals surface area (Å²) in [5.41, 5.74) is 1.40. The first kappa shape index (κ1) is 12.9. The van der Waals surface area contributed by atoms with Crippen LogP contribution in [0.25, 0.3) is 0 Å². The number of nitrogens with zero attached hydrogens (tertiary/aromatic N) is 3. The largest absolute Gasteiger partial charge is 0.309 e. The molecular formula is C12H22N4S. The third-order valence-electron chi connectivity index (χ3n) is 3.90. The van der Waals surface area contributed by atoms with Crippen molar-refractivity contribution in [1.82, 2.24) is 19.8 Å². The first-order valence-electron chi connectivity index (χ1n) is 6.37. The third-order valence-corrected chi connectivity index (χ3v) is 4.45. The van der Waals surface area contributed by atoms with Gasteiger partial charge in [0.25, 0.3) is 0 Å². The average molecular weight is 254 g/mol. The summed E-state index contributed by atoms with van der Waals surface area (Å²) in [7, 11) is 4.41. The van der Waals surface area contributed by atoms with E-state index in [2.05, 4.69) is 33.9 Å². The number of likely N-dealkylation sites (N-methyl/N-ethyl adjacent to an activating group) is 1. The summed E-state index contributed by atoms with van der Waals surface area (Å²) in [4.78, 5) is 2.40. The molecule has 0 atom stereocenters. The van der Waals surface area contributed by atoms with Gasteiger partial charge in [-0.2, -0.15) is 0 Å². The van der Waals surface area contributed by atoms with Crippen molar-refractivity contribution in [3.05, 3.63) is 11.1 Å². The lowest BCUT2D eigenvalue weighted by molar-refractivity contribution is 0.0983. The summed E-state index contributed by atoms with van der Waals surface area (Å²) >= 11 is 1.42. The Labute approximate surface area is 108 Å². The summed E-state index contributed by atoms with van der Waals surface area (Å²) in [5.74, 6) is 0. The molecule has 2 rings (SSSR count). The van der Waals surface area contributed by atoms with Crippen molar-refractivity contribution in [1.29, 1.82) is 0 Å². The molecule has 1 heterocycles. The van der Waals surface area contributed by atoms with Crippen LogP contribution in [0, 0.1) is 0 Å². The molecule has 1 saturated carbocycles. The molecule has 0 unspecified atom stereocenters. The first-order chi connectivity index (χ1) is 8.23. The molecule has 0 bridgehead atoms. The van der Waals surface area contributed by atoms with Crippen molar-refractivity contribution >= 4 is 11.5 Å². The highest BCUT2D eigenvalue weighted by Gasteiger charge is 2.33. The molecule has 1 N–H and O–H groups in total. The van der Waals surface area contributed by atoms with Gasteiger partial charge in [0.2, 0.25) is 0 Å². The molecule has 1 aliphatic carbocycles.